The van der Waals surface area contributed by atoms with Crippen LogP contribution in [0.3, 0.4) is 0 Å². The molecule has 0 aliphatic carbocycles. The SMILES string of the molecule is Cc1cc(-n2ncc(C(=O)c3cc4cc(OC5CCN(C(C)C)CC5)c(N5C(=O)NC(Cc6ccccc6)C5=O)cc4[nH]3)c2N)ccc1Oc1ccccc1F. The summed E-state index contributed by atoms with van der Waals surface area (Å²) in [5.41, 5.74) is 10.00. The van der Waals surface area contributed by atoms with Crippen LogP contribution < -0.4 is 25.4 Å². The van der Waals surface area contributed by atoms with Crippen molar-refractivity contribution in [3.05, 3.63) is 125 Å². The van der Waals surface area contributed by atoms with E-state index in [0.29, 0.717) is 51.8 Å². The van der Waals surface area contributed by atoms with Crippen LogP contribution in [0.2, 0.25) is 0 Å². The molecule has 286 valence electrons. The number of hydrogen-bond acceptors (Lipinski definition) is 8. The van der Waals surface area contributed by atoms with Crippen LogP contribution in [0.25, 0.3) is 16.6 Å². The van der Waals surface area contributed by atoms with Crippen LogP contribution in [0.1, 0.15) is 53.9 Å². The maximum absolute atomic E-state index is 14.2. The molecule has 0 bridgehead atoms. The molecule has 2 aliphatic rings. The van der Waals surface area contributed by atoms with Crippen LogP contribution in [0.5, 0.6) is 17.2 Å². The zero-order valence-electron chi connectivity index (χ0n) is 31.3. The maximum Gasteiger partial charge on any atom is 0.329 e. The highest BCUT2D eigenvalue weighted by Gasteiger charge is 2.41. The number of rotatable bonds is 11. The van der Waals surface area contributed by atoms with E-state index in [2.05, 4.69) is 34.1 Å². The van der Waals surface area contributed by atoms with Crippen molar-refractivity contribution < 1.29 is 28.2 Å². The molecule has 1 unspecified atom stereocenters. The summed E-state index contributed by atoms with van der Waals surface area (Å²) in [7, 11) is 0. The van der Waals surface area contributed by atoms with Crippen LogP contribution in [0.15, 0.2) is 97.2 Å². The molecule has 1 atom stereocenters. The van der Waals surface area contributed by atoms with Crippen LogP contribution in [-0.2, 0) is 11.2 Å². The monoisotopic (exact) mass is 755 g/mol. The molecule has 12 nitrogen and oxygen atoms in total. The third-order valence-corrected chi connectivity index (χ3v) is 10.5. The van der Waals surface area contributed by atoms with Crippen molar-refractivity contribution in [3.63, 3.8) is 0 Å². The number of nitrogen functional groups attached to an aromatic ring is 1. The van der Waals surface area contributed by atoms with Crippen LogP contribution >= 0.6 is 0 Å². The third-order valence-electron chi connectivity index (χ3n) is 10.5. The van der Waals surface area contributed by atoms with Crippen molar-refractivity contribution in [1.29, 1.82) is 0 Å². The lowest BCUT2D eigenvalue weighted by Crippen LogP contribution is -2.42. The van der Waals surface area contributed by atoms with Crippen molar-refractivity contribution in [1.82, 2.24) is 25.0 Å². The molecule has 2 aromatic heterocycles. The summed E-state index contributed by atoms with van der Waals surface area (Å²) in [4.78, 5) is 48.1. The minimum atomic E-state index is -0.748. The van der Waals surface area contributed by atoms with E-state index in [-0.39, 0.29) is 34.8 Å². The van der Waals surface area contributed by atoms with Gasteiger partial charge in [0.25, 0.3) is 5.91 Å². The molecule has 2 aliphatic heterocycles. The number of urea groups is 1. The lowest BCUT2D eigenvalue weighted by Gasteiger charge is -2.35. The van der Waals surface area contributed by atoms with Crippen molar-refractivity contribution >= 4 is 40.1 Å². The summed E-state index contributed by atoms with van der Waals surface area (Å²) in [6.07, 6.45) is 3.19. The molecule has 4 N–H and O–H groups in total. The first-order valence-electron chi connectivity index (χ1n) is 18.7. The number of piperidine rings is 1. The summed E-state index contributed by atoms with van der Waals surface area (Å²) in [6.45, 7) is 7.89. The molecular weight excluding hydrogens is 714 g/mol. The fraction of sp³-hybridized carbons (Fsp3) is 0.256. The fourth-order valence-corrected chi connectivity index (χ4v) is 7.39. The number of nitrogens with two attached hydrogens (primary N) is 1. The Morgan fingerprint density at radius 2 is 1.70 bits per heavy atom. The second kappa shape index (κ2) is 15.0. The number of fused-ring (bicyclic) bond motifs is 1. The number of likely N-dealkylation sites (tertiary alicyclic amines) is 1. The molecular formula is C43H42FN7O5. The molecule has 2 fully saturated rings. The molecule has 6 aromatic rings. The number of imide groups is 1. The standard InChI is InChI=1S/C43H42FN7O5/c1-25(2)49-17-15-30(16-18-49)55-39-22-28-21-34(47-33(28)23-36(39)50-42(53)35(48-43(50)54)20-27-9-5-4-6-10-27)40(52)31-24-46-51(41(31)45)29-13-14-37(26(3)19-29)56-38-12-8-7-11-32(38)44/h4-14,19,21-25,30,35,47H,15-18,20,45H2,1-3H3,(H,48,54). The fourth-order valence-electron chi connectivity index (χ4n) is 7.39. The van der Waals surface area contributed by atoms with Gasteiger partial charge in [-0.2, -0.15) is 5.10 Å². The molecule has 13 heteroatoms. The van der Waals surface area contributed by atoms with Gasteiger partial charge in [-0.25, -0.2) is 18.8 Å². The molecule has 0 radical (unpaired) electrons. The van der Waals surface area contributed by atoms with Crippen molar-refractivity contribution in [2.45, 2.75) is 58.2 Å². The van der Waals surface area contributed by atoms with Crippen LogP contribution in [0, 0.1) is 12.7 Å². The molecule has 0 saturated carbocycles. The highest BCUT2D eigenvalue weighted by molar-refractivity contribution is 6.23. The van der Waals surface area contributed by atoms with Gasteiger partial charge in [0.2, 0.25) is 5.78 Å². The number of nitrogens with one attached hydrogen (secondary N) is 2. The van der Waals surface area contributed by atoms with Crippen LogP contribution in [0.4, 0.5) is 20.7 Å². The highest BCUT2D eigenvalue weighted by Crippen LogP contribution is 2.38. The summed E-state index contributed by atoms with van der Waals surface area (Å²) < 4.78 is 28.1. The molecule has 4 heterocycles. The van der Waals surface area contributed by atoms with Gasteiger partial charge in [0.15, 0.2) is 11.6 Å². The number of carbonyl (C=O) groups is 3. The van der Waals surface area contributed by atoms with E-state index in [0.717, 1.165) is 36.4 Å². The maximum atomic E-state index is 14.2. The number of aromatic amines is 1. The third kappa shape index (κ3) is 7.08. The first-order valence-corrected chi connectivity index (χ1v) is 18.7. The number of benzene rings is 4. The number of halogens is 1. The topological polar surface area (TPSA) is 148 Å². The number of ketones is 1. The zero-order valence-corrected chi connectivity index (χ0v) is 31.3. The Bertz CT molecular complexity index is 2450. The Morgan fingerprint density at radius 3 is 2.43 bits per heavy atom. The van der Waals surface area contributed by atoms with E-state index < -0.39 is 23.7 Å². The Balaban J connectivity index is 1.08. The Labute approximate surface area is 323 Å². The van der Waals surface area contributed by atoms with Gasteiger partial charge in [0.05, 0.1) is 28.8 Å². The molecule has 4 aromatic carbocycles. The molecule has 2 saturated heterocycles. The first kappa shape index (κ1) is 36.5. The van der Waals surface area contributed by atoms with E-state index in [9.17, 15) is 18.8 Å². The first-order chi connectivity index (χ1) is 27.0. The second-order valence-corrected chi connectivity index (χ2v) is 14.6. The lowest BCUT2D eigenvalue weighted by atomic mass is 10.1. The normalized spacial score (nSPS) is 16.5. The predicted molar refractivity (Wildman–Crippen MR) is 211 cm³/mol. The number of para-hydroxylation sites is 1. The average molecular weight is 756 g/mol. The van der Waals surface area contributed by atoms with Gasteiger partial charge >= 0.3 is 6.03 Å². The number of ether oxygens (including phenoxy) is 2. The zero-order chi connectivity index (χ0) is 39.1. The number of carbonyl (C=O) groups excluding carboxylic acids is 3. The summed E-state index contributed by atoms with van der Waals surface area (Å²) in [5.74, 6) is -0.190. The van der Waals surface area contributed by atoms with Gasteiger partial charge in [-0.15, -0.1) is 0 Å². The number of anilines is 2. The van der Waals surface area contributed by atoms with E-state index in [1.807, 2.05) is 37.3 Å². The van der Waals surface area contributed by atoms with Crippen LogP contribution in [-0.4, -0.2) is 68.7 Å². The van der Waals surface area contributed by atoms with E-state index >= 15 is 0 Å². The molecule has 3 amide bonds. The molecule has 56 heavy (non-hydrogen) atoms. The number of hydrogen-bond donors (Lipinski definition) is 3. The number of H-pyrrole nitrogens is 1. The summed E-state index contributed by atoms with van der Waals surface area (Å²) in [6, 6.07) is 25.2. The van der Waals surface area contributed by atoms with E-state index in [1.54, 1.807) is 54.6 Å². The highest BCUT2D eigenvalue weighted by atomic mass is 19.1. The van der Waals surface area contributed by atoms with Crippen molar-refractivity contribution in [2.24, 2.45) is 0 Å². The molecule has 0 spiro atoms. The van der Waals surface area contributed by atoms with Gasteiger partial charge in [0.1, 0.15) is 29.5 Å². The largest absolute Gasteiger partial charge is 0.488 e. The predicted octanol–water partition coefficient (Wildman–Crippen LogP) is 7.33. The molecule has 8 rings (SSSR count). The average Bonchev–Trinajstić information content (AvgIpc) is 3.87. The van der Waals surface area contributed by atoms with Gasteiger partial charge in [0, 0.05) is 36.5 Å². The van der Waals surface area contributed by atoms with Gasteiger partial charge in [-0.1, -0.05) is 42.5 Å². The Kier molecular flexibility index (Phi) is 9.77. The van der Waals surface area contributed by atoms with Gasteiger partial charge in [-0.05, 0) is 93.3 Å². The number of nitrogens with zero attached hydrogens (tertiary/aromatic N) is 4. The minimum absolute atomic E-state index is 0.105. The number of amides is 3. The number of aryl methyl sites for hydroxylation is 1. The Hall–Kier alpha value is -6.47. The van der Waals surface area contributed by atoms with Crippen molar-refractivity contribution in [2.75, 3.05) is 23.7 Å². The minimum Gasteiger partial charge on any atom is -0.488 e. The van der Waals surface area contributed by atoms with Crippen molar-refractivity contribution in [3.8, 4) is 22.9 Å². The Morgan fingerprint density at radius 1 is 0.946 bits per heavy atom. The lowest BCUT2D eigenvalue weighted by molar-refractivity contribution is -0.118. The van der Waals surface area contributed by atoms with Gasteiger partial charge in [-0.3, -0.25) is 9.59 Å². The smallest absolute Gasteiger partial charge is 0.329 e. The van der Waals surface area contributed by atoms with E-state index in [1.165, 1.54) is 16.9 Å². The quantitative estimate of drug-likeness (QED) is 0.0921. The number of aromatic nitrogens is 3. The summed E-state index contributed by atoms with van der Waals surface area (Å²) in [5, 5.41) is 7.92. The van der Waals surface area contributed by atoms with Gasteiger partial charge < -0.3 is 30.4 Å². The van der Waals surface area contributed by atoms with E-state index in [4.69, 9.17) is 15.2 Å². The second-order valence-electron chi connectivity index (χ2n) is 14.6. The summed E-state index contributed by atoms with van der Waals surface area (Å²) >= 11 is 0.